The third-order valence-corrected chi connectivity index (χ3v) is 2.82. The van der Waals surface area contributed by atoms with Gasteiger partial charge in [0.25, 0.3) is 0 Å². The van der Waals surface area contributed by atoms with Gasteiger partial charge in [-0.3, -0.25) is 4.98 Å². The van der Waals surface area contributed by atoms with Crippen LogP contribution in [-0.4, -0.2) is 12.1 Å². The minimum absolute atomic E-state index is 0.0289. The van der Waals surface area contributed by atoms with E-state index in [4.69, 9.17) is 15.2 Å². The Bertz CT molecular complexity index is 527. The number of hydrogen-bond acceptors (Lipinski definition) is 4. The zero-order valence-electron chi connectivity index (χ0n) is 11.2. The van der Waals surface area contributed by atoms with Gasteiger partial charge in [-0.25, -0.2) is 0 Å². The molecule has 1 aromatic carbocycles. The van der Waals surface area contributed by atoms with Crippen LogP contribution in [0.25, 0.3) is 0 Å². The fraction of sp³-hybridized carbons (Fsp3) is 0.267. The van der Waals surface area contributed by atoms with Crippen LogP contribution >= 0.6 is 0 Å². The van der Waals surface area contributed by atoms with Crippen molar-refractivity contribution in [3.8, 4) is 11.5 Å². The summed E-state index contributed by atoms with van der Waals surface area (Å²) in [5, 5.41) is 0. The molecule has 2 rings (SSSR count). The quantitative estimate of drug-likeness (QED) is 0.895. The summed E-state index contributed by atoms with van der Waals surface area (Å²) in [6.45, 7) is 2.35. The van der Waals surface area contributed by atoms with Crippen molar-refractivity contribution in [2.24, 2.45) is 5.73 Å². The second kappa shape index (κ2) is 6.20. The molecule has 2 aromatic rings. The van der Waals surface area contributed by atoms with Crippen molar-refractivity contribution in [1.29, 1.82) is 0 Å². The Morgan fingerprint density at radius 3 is 2.68 bits per heavy atom. The van der Waals surface area contributed by atoms with Gasteiger partial charge in [-0.1, -0.05) is 12.1 Å². The summed E-state index contributed by atoms with van der Waals surface area (Å²) >= 11 is 0. The van der Waals surface area contributed by atoms with Crippen molar-refractivity contribution in [3.05, 3.63) is 53.9 Å². The molecule has 0 aliphatic heterocycles. The summed E-state index contributed by atoms with van der Waals surface area (Å²) in [4.78, 5) is 4.21. The average molecular weight is 258 g/mol. The van der Waals surface area contributed by atoms with E-state index in [2.05, 4.69) is 4.98 Å². The van der Waals surface area contributed by atoms with E-state index in [1.54, 1.807) is 13.3 Å². The molecule has 0 amide bonds. The maximum absolute atomic E-state index is 5.85. The summed E-state index contributed by atoms with van der Waals surface area (Å²) in [5.74, 6) is 1.38. The number of hydrogen-bond donors (Lipinski definition) is 1. The Morgan fingerprint density at radius 2 is 2.05 bits per heavy atom. The van der Waals surface area contributed by atoms with E-state index in [1.165, 1.54) is 0 Å². The van der Waals surface area contributed by atoms with E-state index in [0.717, 1.165) is 11.3 Å². The highest BCUT2D eigenvalue weighted by molar-refractivity contribution is 5.43. The number of methoxy groups -OCH3 is 1. The molecule has 0 radical (unpaired) electrons. The molecule has 4 heteroatoms. The highest BCUT2D eigenvalue weighted by Gasteiger charge is 2.08. The van der Waals surface area contributed by atoms with Gasteiger partial charge in [0.05, 0.1) is 12.8 Å². The van der Waals surface area contributed by atoms with Crippen LogP contribution in [0.1, 0.15) is 24.2 Å². The predicted octanol–water partition coefficient (Wildman–Crippen LogP) is 2.69. The van der Waals surface area contributed by atoms with Crippen molar-refractivity contribution in [1.82, 2.24) is 4.98 Å². The van der Waals surface area contributed by atoms with Gasteiger partial charge in [0.2, 0.25) is 0 Å². The Hall–Kier alpha value is -2.07. The molecule has 0 aliphatic carbocycles. The topological polar surface area (TPSA) is 57.4 Å². The van der Waals surface area contributed by atoms with Crippen molar-refractivity contribution in [3.63, 3.8) is 0 Å². The highest BCUT2D eigenvalue weighted by Crippen LogP contribution is 2.30. The number of rotatable bonds is 5. The number of nitrogens with two attached hydrogens (primary N) is 1. The van der Waals surface area contributed by atoms with Crippen LogP contribution < -0.4 is 15.2 Å². The Balaban J connectivity index is 2.12. The average Bonchev–Trinajstić information content (AvgIpc) is 2.45. The van der Waals surface area contributed by atoms with E-state index >= 15 is 0 Å². The molecule has 0 bridgehead atoms. The van der Waals surface area contributed by atoms with Crippen molar-refractivity contribution in [2.75, 3.05) is 7.11 Å². The Kier molecular flexibility index (Phi) is 4.36. The number of benzene rings is 1. The lowest BCUT2D eigenvalue weighted by Crippen LogP contribution is -2.06. The van der Waals surface area contributed by atoms with Gasteiger partial charge in [0.1, 0.15) is 6.61 Å². The van der Waals surface area contributed by atoms with Gasteiger partial charge in [-0.2, -0.15) is 0 Å². The van der Waals surface area contributed by atoms with E-state index in [-0.39, 0.29) is 6.04 Å². The Labute approximate surface area is 113 Å². The first-order chi connectivity index (χ1) is 9.20. The molecule has 0 saturated carbocycles. The third-order valence-electron chi connectivity index (χ3n) is 2.82. The van der Waals surface area contributed by atoms with E-state index < -0.39 is 0 Å². The van der Waals surface area contributed by atoms with Gasteiger partial charge in [0, 0.05) is 12.2 Å². The van der Waals surface area contributed by atoms with Crippen LogP contribution in [0.4, 0.5) is 0 Å². The molecular formula is C15H18N2O2. The van der Waals surface area contributed by atoms with Gasteiger partial charge in [-0.15, -0.1) is 0 Å². The summed E-state index contributed by atoms with van der Waals surface area (Å²) in [5.41, 5.74) is 7.74. The van der Waals surface area contributed by atoms with Crippen LogP contribution in [0.15, 0.2) is 42.6 Å². The van der Waals surface area contributed by atoms with E-state index in [0.29, 0.717) is 18.1 Å². The molecule has 0 fully saturated rings. The monoisotopic (exact) mass is 258 g/mol. The minimum Gasteiger partial charge on any atom is -0.493 e. The molecular weight excluding hydrogens is 240 g/mol. The number of nitrogens with zero attached hydrogens (tertiary/aromatic N) is 1. The van der Waals surface area contributed by atoms with Gasteiger partial charge < -0.3 is 15.2 Å². The number of pyridine rings is 1. The standard InChI is InChI=1S/C15H18N2O2/c1-11(16)12-6-7-14(15(9-12)18-2)19-10-13-5-3-4-8-17-13/h3-9,11H,10,16H2,1-2H3/t11-/m1/s1. The zero-order valence-corrected chi connectivity index (χ0v) is 11.2. The SMILES string of the molecule is COc1cc([C@@H](C)N)ccc1OCc1ccccn1. The minimum atomic E-state index is -0.0289. The molecule has 19 heavy (non-hydrogen) atoms. The first-order valence-electron chi connectivity index (χ1n) is 6.17. The molecule has 4 nitrogen and oxygen atoms in total. The molecule has 0 unspecified atom stereocenters. The van der Waals surface area contributed by atoms with E-state index in [1.807, 2.05) is 43.3 Å². The fourth-order valence-electron chi connectivity index (χ4n) is 1.72. The molecule has 100 valence electrons. The van der Waals surface area contributed by atoms with Crippen LogP contribution in [0.3, 0.4) is 0 Å². The maximum Gasteiger partial charge on any atom is 0.161 e. The van der Waals surface area contributed by atoms with Crippen molar-refractivity contribution in [2.45, 2.75) is 19.6 Å². The van der Waals surface area contributed by atoms with Gasteiger partial charge in [-0.05, 0) is 36.8 Å². The van der Waals surface area contributed by atoms with E-state index in [9.17, 15) is 0 Å². The number of ether oxygens (including phenoxy) is 2. The maximum atomic E-state index is 5.85. The van der Waals surface area contributed by atoms with Crippen LogP contribution in [0, 0.1) is 0 Å². The first-order valence-corrected chi connectivity index (χ1v) is 6.17. The number of aromatic nitrogens is 1. The zero-order chi connectivity index (χ0) is 13.7. The summed E-state index contributed by atoms with van der Waals surface area (Å²) in [6, 6.07) is 11.4. The largest absolute Gasteiger partial charge is 0.493 e. The lowest BCUT2D eigenvalue weighted by atomic mass is 10.1. The predicted molar refractivity (Wildman–Crippen MR) is 74.2 cm³/mol. The first kappa shape index (κ1) is 13.4. The molecule has 0 saturated heterocycles. The van der Waals surface area contributed by atoms with Crippen LogP contribution in [0.2, 0.25) is 0 Å². The normalized spacial score (nSPS) is 11.9. The summed E-state index contributed by atoms with van der Waals surface area (Å²) < 4.78 is 11.0. The lowest BCUT2D eigenvalue weighted by molar-refractivity contribution is 0.280. The van der Waals surface area contributed by atoms with Gasteiger partial charge >= 0.3 is 0 Å². The van der Waals surface area contributed by atoms with Gasteiger partial charge in [0.15, 0.2) is 11.5 Å². The molecule has 1 atom stereocenters. The van der Waals surface area contributed by atoms with Crippen molar-refractivity contribution >= 4 is 0 Å². The molecule has 0 spiro atoms. The second-order valence-electron chi connectivity index (χ2n) is 4.31. The third kappa shape index (κ3) is 3.45. The fourth-order valence-corrected chi connectivity index (χ4v) is 1.72. The molecule has 1 aromatic heterocycles. The lowest BCUT2D eigenvalue weighted by Gasteiger charge is -2.13. The summed E-state index contributed by atoms with van der Waals surface area (Å²) in [7, 11) is 1.62. The molecule has 2 N–H and O–H groups in total. The van der Waals surface area contributed by atoms with Crippen LogP contribution in [-0.2, 0) is 6.61 Å². The Morgan fingerprint density at radius 1 is 1.21 bits per heavy atom. The highest BCUT2D eigenvalue weighted by atomic mass is 16.5. The molecule has 1 heterocycles. The van der Waals surface area contributed by atoms with Crippen LogP contribution in [0.5, 0.6) is 11.5 Å². The van der Waals surface area contributed by atoms with Crippen molar-refractivity contribution < 1.29 is 9.47 Å². The molecule has 0 aliphatic rings. The summed E-state index contributed by atoms with van der Waals surface area (Å²) in [6.07, 6.45) is 1.75. The smallest absolute Gasteiger partial charge is 0.161 e. The second-order valence-corrected chi connectivity index (χ2v) is 4.31.